The third kappa shape index (κ3) is 4.60. The van der Waals surface area contributed by atoms with E-state index in [1.54, 1.807) is 30.3 Å². The number of halogens is 4. The van der Waals surface area contributed by atoms with Crippen LogP contribution in [0, 0.1) is 5.82 Å². The molecule has 4 aromatic rings. The summed E-state index contributed by atoms with van der Waals surface area (Å²) in [5.41, 5.74) is -0.122. The molecular formula is C26H19F4N3O5. The number of methoxy groups -OCH3 is 1. The van der Waals surface area contributed by atoms with Crippen molar-refractivity contribution in [2.45, 2.75) is 18.3 Å². The van der Waals surface area contributed by atoms with E-state index in [-0.39, 0.29) is 35.5 Å². The number of aromatic amines is 1. The number of amides is 1. The van der Waals surface area contributed by atoms with Crippen molar-refractivity contribution in [3.8, 4) is 11.5 Å². The summed E-state index contributed by atoms with van der Waals surface area (Å²) in [5, 5.41) is 3.57. The monoisotopic (exact) mass is 529 g/mol. The third-order valence-corrected chi connectivity index (χ3v) is 6.18. The Balaban J connectivity index is 1.56. The van der Waals surface area contributed by atoms with Crippen molar-refractivity contribution in [3.63, 3.8) is 0 Å². The number of H-pyrrole nitrogens is 1. The highest BCUT2D eigenvalue weighted by molar-refractivity contribution is 6.00. The molecule has 38 heavy (non-hydrogen) atoms. The molecule has 8 nitrogen and oxygen atoms in total. The smallest absolute Gasteiger partial charge is 0.491 e. The van der Waals surface area contributed by atoms with Crippen molar-refractivity contribution in [2.24, 2.45) is 0 Å². The first-order valence-electron chi connectivity index (χ1n) is 11.3. The number of nitrogens with one attached hydrogen (secondary N) is 2. The molecule has 0 aliphatic carbocycles. The largest absolute Gasteiger partial charge is 0.573 e. The average molecular weight is 529 g/mol. The summed E-state index contributed by atoms with van der Waals surface area (Å²) >= 11 is 0. The molecule has 0 saturated carbocycles. The second-order valence-electron chi connectivity index (χ2n) is 8.48. The fourth-order valence-corrected chi connectivity index (χ4v) is 4.46. The standard InChI is InChI=1S/C26H19F4N3O5/c1-36-24(35)19-11-14-4-5-15(12-18(14)32-19)23(34)33-25(8-10-37-21-3-2-9-31-22(21)25)16-6-7-20(17(27)13-16)38-26(28,29)30/h2-7,9,11-13,32H,8,10H2,1H3,(H,33,34)/t25-/m0/s1. The van der Waals surface area contributed by atoms with Gasteiger partial charge in [-0.05, 0) is 48.0 Å². The van der Waals surface area contributed by atoms with Crippen molar-refractivity contribution < 1.29 is 41.4 Å². The lowest BCUT2D eigenvalue weighted by Gasteiger charge is -2.39. The van der Waals surface area contributed by atoms with Crippen LogP contribution >= 0.6 is 0 Å². The van der Waals surface area contributed by atoms with Crippen molar-refractivity contribution in [1.82, 2.24) is 15.3 Å². The molecule has 5 rings (SSSR count). The fourth-order valence-electron chi connectivity index (χ4n) is 4.46. The molecule has 1 aliphatic rings. The van der Waals surface area contributed by atoms with E-state index in [4.69, 9.17) is 9.47 Å². The van der Waals surface area contributed by atoms with Gasteiger partial charge < -0.3 is 24.5 Å². The van der Waals surface area contributed by atoms with E-state index in [1.807, 2.05) is 0 Å². The second kappa shape index (κ2) is 9.36. The van der Waals surface area contributed by atoms with Crippen LogP contribution in [0.3, 0.4) is 0 Å². The van der Waals surface area contributed by atoms with E-state index in [0.717, 1.165) is 12.1 Å². The fraction of sp³-hybridized carbons (Fsp3) is 0.192. The van der Waals surface area contributed by atoms with Gasteiger partial charge in [0.15, 0.2) is 11.6 Å². The number of carbonyl (C=O) groups is 2. The van der Waals surface area contributed by atoms with Gasteiger partial charge in [-0.25, -0.2) is 9.18 Å². The average Bonchev–Trinajstić information content (AvgIpc) is 3.32. The number of aromatic nitrogens is 2. The van der Waals surface area contributed by atoms with E-state index in [9.17, 15) is 27.2 Å². The molecule has 2 aromatic carbocycles. The summed E-state index contributed by atoms with van der Waals surface area (Å²) in [5.74, 6) is -3.08. The predicted octanol–water partition coefficient (Wildman–Crippen LogP) is 4.84. The number of benzene rings is 2. The summed E-state index contributed by atoms with van der Waals surface area (Å²) < 4.78 is 67.0. The number of carbonyl (C=O) groups excluding carboxylic acids is 2. The molecule has 0 saturated heterocycles. The van der Waals surface area contributed by atoms with Crippen LogP contribution in [0.15, 0.2) is 60.8 Å². The molecule has 3 heterocycles. The van der Waals surface area contributed by atoms with Gasteiger partial charge >= 0.3 is 12.3 Å². The number of fused-ring (bicyclic) bond motifs is 2. The highest BCUT2D eigenvalue weighted by Crippen LogP contribution is 2.42. The zero-order valence-corrected chi connectivity index (χ0v) is 19.7. The molecule has 2 aromatic heterocycles. The minimum absolute atomic E-state index is 0.110. The number of hydrogen-bond acceptors (Lipinski definition) is 6. The Kier molecular flexibility index (Phi) is 6.17. The van der Waals surface area contributed by atoms with Gasteiger partial charge in [0.2, 0.25) is 0 Å². The molecule has 0 spiro atoms. The SMILES string of the molecule is COC(=O)c1cc2ccc(C(=O)N[C@]3(c4ccc(OC(F)(F)F)c(F)c4)CCOc4cccnc43)cc2[nH]1. The quantitative estimate of drug-likeness (QED) is 0.283. The summed E-state index contributed by atoms with van der Waals surface area (Å²) in [6.07, 6.45) is -3.50. The Hall–Kier alpha value is -4.61. The molecule has 0 unspecified atom stereocenters. The number of rotatable bonds is 5. The zero-order valence-electron chi connectivity index (χ0n) is 19.7. The Labute approximate surface area is 212 Å². The van der Waals surface area contributed by atoms with Crippen molar-refractivity contribution >= 4 is 22.8 Å². The van der Waals surface area contributed by atoms with Crippen LogP contribution in [0.1, 0.15) is 38.5 Å². The van der Waals surface area contributed by atoms with Crippen molar-refractivity contribution in [2.75, 3.05) is 13.7 Å². The van der Waals surface area contributed by atoms with E-state index in [2.05, 4.69) is 20.0 Å². The van der Waals surface area contributed by atoms with Gasteiger partial charge in [-0.3, -0.25) is 9.78 Å². The van der Waals surface area contributed by atoms with Gasteiger partial charge in [-0.15, -0.1) is 13.2 Å². The van der Waals surface area contributed by atoms with Crippen molar-refractivity contribution in [1.29, 1.82) is 0 Å². The van der Waals surface area contributed by atoms with E-state index in [0.29, 0.717) is 16.7 Å². The van der Waals surface area contributed by atoms with E-state index in [1.165, 1.54) is 25.4 Å². The number of pyridine rings is 1. The number of esters is 1. The molecular weight excluding hydrogens is 510 g/mol. The molecule has 0 bridgehead atoms. The first kappa shape index (κ1) is 25.1. The molecule has 1 atom stereocenters. The maximum absolute atomic E-state index is 14.8. The summed E-state index contributed by atoms with van der Waals surface area (Å²) in [6.45, 7) is 0.111. The van der Waals surface area contributed by atoms with E-state index >= 15 is 0 Å². The highest BCUT2D eigenvalue weighted by atomic mass is 19.4. The van der Waals surface area contributed by atoms with Crippen LogP contribution in [0.25, 0.3) is 10.9 Å². The highest BCUT2D eigenvalue weighted by Gasteiger charge is 2.43. The molecule has 12 heteroatoms. The first-order chi connectivity index (χ1) is 18.1. The van der Waals surface area contributed by atoms with Gasteiger partial charge in [0, 0.05) is 29.1 Å². The maximum atomic E-state index is 14.8. The lowest BCUT2D eigenvalue weighted by Crippen LogP contribution is -2.50. The van der Waals surface area contributed by atoms with E-state index < -0.39 is 35.3 Å². The Morgan fingerprint density at radius 1 is 1.13 bits per heavy atom. The molecule has 1 aliphatic heterocycles. The Morgan fingerprint density at radius 3 is 2.68 bits per heavy atom. The minimum atomic E-state index is -5.08. The zero-order chi connectivity index (χ0) is 27.1. The van der Waals surface area contributed by atoms with Crippen molar-refractivity contribution in [3.05, 3.63) is 89.1 Å². The Bertz CT molecular complexity index is 1550. The van der Waals surface area contributed by atoms with Crippen LogP contribution < -0.4 is 14.8 Å². The molecule has 196 valence electrons. The molecule has 0 fully saturated rings. The molecule has 2 N–H and O–H groups in total. The summed E-state index contributed by atoms with van der Waals surface area (Å²) in [6, 6.07) is 12.5. The van der Waals surface area contributed by atoms with Crippen LogP contribution in [0.5, 0.6) is 11.5 Å². The maximum Gasteiger partial charge on any atom is 0.573 e. The van der Waals surface area contributed by atoms with Crippen LogP contribution in [-0.4, -0.2) is 41.9 Å². The first-order valence-corrected chi connectivity index (χ1v) is 11.3. The summed E-state index contributed by atoms with van der Waals surface area (Å²) in [4.78, 5) is 32.6. The van der Waals surface area contributed by atoms with Gasteiger partial charge in [0.25, 0.3) is 5.91 Å². The van der Waals surface area contributed by atoms with Gasteiger partial charge in [0.1, 0.15) is 22.7 Å². The normalized spacial score (nSPS) is 16.9. The van der Waals surface area contributed by atoms with Gasteiger partial charge in [-0.2, -0.15) is 0 Å². The Morgan fingerprint density at radius 2 is 1.95 bits per heavy atom. The predicted molar refractivity (Wildman–Crippen MR) is 125 cm³/mol. The topological polar surface area (TPSA) is 103 Å². The lowest BCUT2D eigenvalue weighted by molar-refractivity contribution is -0.275. The number of ether oxygens (including phenoxy) is 3. The van der Waals surface area contributed by atoms with Gasteiger partial charge in [0.05, 0.1) is 13.7 Å². The van der Waals surface area contributed by atoms with Crippen LogP contribution in [0.2, 0.25) is 0 Å². The van der Waals surface area contributed by atoms with Crippen LogP contribution in [0.4, 0.5) is 17.6 Å². The third-order valence-electron chi connectivity index (χ3n) is 6.18. The number of hydrogen-bond donors (Lipinski definition) is 2. The minimum Gasteiger partial charge on any atom is -0.491 e. The van der Waals surface area contributed by atoms with Gasteiger partial charge in [-0.1, -0.05) is 12.1 Å². The lowest BCUT2D eigenvalue weighted by atomic mass is 9.81. The number of alkyl halides is 3. The molecule has 0 radical (unpaired) electrons. The summed E-state index contributed by atoms with van der Waals surface area (Å²) in [7, 11) is 1.25. The molecule has 1 amide bonds. The van der Waals surface area contributed by atoms with Crippen LogP contribution in [-0.2, 0) is 10.3 Å². The number of nitrogens with zero attached hydrogens (tertiary/aromatic N) is 1. The second-order valence-corrected chi connectivity index (χ2v) is 8.48.